The summed E-state index contributed by atoms with van der Waals surface area (Å²) in [5, 5.41) is 0. The molecule has 0 saturated heterocycles. The van der Waals surface area contributed by atoms with E-state index in [-0.39, 0.29) is 5.41 Å². The fraction of sp³-hybridized carbons (Fsp3) is 0.923. The molecule has 0 aromatic carbocycles. The van der Waals surface area contributed by atoms with Gasteiger partial charge >= 0.3 is 0 Å². The van der Waals surface area contributed by atoms with Crippen molar-refractivity contribution in [3.8, 4) is 0 Å². The third kappa shape index (κ3) is 5.93. The molecule has 0 rings (SSSR count). The van der Waals surface area contributed by atoms with Gasteiger partial charge in [-0.15, -0.1) is 0 Å². The summed E-state index contributed by atoms with van der Waals surface area (Å²) in [6.45, 7) is 11.0. The van der Waals surface area contributed by atoms with Crippen molar-refractivity contribution in [2.24, 2.45) is 5.41 Å². The zero-order chi connectivity index (χ0) is 11.9. The first-order valence-electron chi connectivity index (χ1n) is 6.09. The standard InChI is InChI=1S/C13H26O2/c1-6-11(3)15-10-8-9-12(14)13(4,5)7-2/h11H,6-10H2,1-5H3. The average Bonchev–Trinajstić information content (AvgIpc) is 2.23. The SMILES string of the molecule is CCC(C)OCCCC(=O)C(C)(C)CC. The van der Waals surface area contributed by atoms with Crippen LogP contribution in [0.4, 0.5) is 0 Å². The summed E-state index contributed by atoms with van der Waals surface area (Å²) in [6.07, 6.45) is 3.77. The minimum atomic E-state index is -0.156. The highest BCUT2D eigenvalue weighted by atomic mass is 16.5. The molecule has 0 N–H and O–H groups in total. The van der Waals surface area contributed by atoms with Crippen molar-refractivity contribution in [2.75, 3.05) is 6.61 Å². The molecule has 0 saturated carbocycles. The Balaban J connectivity index is 3.64. The topological polar surface area (TPSA) is 26.3 Å². The number of hydrogen-bond donors (Lipinski definition) is 0. The average molecular weight is 214 g/mol. The van der Waals surface area contributed by atoms with Crippen molar-refractivity contribution in [1.82, 2.24) is 0 Å². The van der Waals surface area contributed by atoms with Crippen LogP contribution in [0.25, 0.3) is 0 Å². The maximum atomic E-state index is 11.8. The molecule has 2 heteroatoms. The van der Waals surface area contributed by atoms with Gasteiger partial charge in [0.2, 0.25) is 0 Å². The number of ketones is 1. The zero-order valence-corrected chi connectivity index (χ0v) is 10.9. The lowest BCUT2D eigenvalue weighted by Gasteiger charge is -2.20. The minimum absolute atomic E-state index is 0.156. The molecule has 0 aliphatic rings. The highest BCUT2D eigenvalue weighted by Crippen LogP contribution is 2.23. The largest absolute Gasteiger partial charge is 0.379 e. The van der Waals surface area contributed by atoms with E-state index in [2.05, 4.69) is 20.8 Å². The summed E-state index contributed by atoms with van der Waals surface area (Å²) in [7, 11) is 0. The van der Waals surface area contributed by atoms with E-state index in [1.807, 2.05) is 13.8 Å². The monoisotopic (exact) mass is 214 g/mol. The van der Waals surface area contributed by atoms with Crippen LogP contribution in [-0.4, -0.2) is 18.5 Å². The maximum absolute atomic E-state index is 11.8. The number of rotatable bonds is 8. The van der Waals surface area contributed by atoms with Crippen LogP contribution < -0.4 is 0 Å². The number of carbonyl (C=O) groups is 1. The highest BCUT2D eigenvalue weighted by molar-refractivity contribution is 5.83. The number of carbonyl (C=O) groups excluding carboxylic acids is 1. The fourth-order valence-electron chi connectivity index (χ4n) is 1.17. The Bertz CT molecular complexity index is 185. The molecule has 0 aliphatic carbocycles. The summed E-state index contributed by atoms with van der Waals surface area (Å²) >= 11 is 0. The van der Waals surface area contributed by atoms with Crippen molar-refractivity contribution >= 4 is 5.78 Å². The Kier molecular flexibility index (Phi) is 6.82. The summed E-state index contributed by atoms with van der Waals surface area (Å²) in [5.74, 6) is 0.359. The molecular formula is C13H26O2. The van der Waals surface area contributed by atoms with Crippen LogP contribution in [0.15, 0.2) is 0 Å². The van der Waals surface area contributed by atoms with Crippen LogP contribution in [0, 0.1) is 5.41 Å². The van der Waals surface area contributed by atoms with Crippen LogP contribution in [0.3, 0.4) is 0 Å². The second-order valence-corrected chi connectivity index (χ2v) is 4.85. The van der Waals surface area contributed by atoms with Crippen molar-refractivity contribution in [3.05, 3.63) is 0 Å². The molecule has 0 amide bonds. The first-order chi connectivity index (χ1) is 6.94. The van der Waals surface area contributed by atoms with Gasteiger partial charge in [0, 0.05) is 18.4 Å². The Hall–Kier alpha value is -0.370. The third-order valence-corrected chi connectivity index (χ3v) is 3.16. The first-order valence-corrected chi connectivity index (χ1v) is 6.09. The molecule has 0 aromatic heterocycles. The van der Waals surface area contributed by atoms with E-state index in [1.165, 1.54) is 0 Å². The Morgan fingerprint density at radius 2 is 1.93 bits per heavy atom. The molecule has 0 fully saturated rings. The van der Waals surface area contributed by atoms with Gasteiger partial charge in [-0.1, -0.05) is 27.7 Å². The van der Waals surface area contributed by atoms with Gasteiger partial charge in [0.1, 0.15) is 5.78 Å². The summed E-state index contributed by atoms with van der Waals surface area (Å²) < 4.78 is 5.54. The van der Waals surface area contributed by atoms with Crippen molar-refractivity contribution in [2.45, 2.75) is 66.4 Å². The van der Waals surface area contributed by atoms with Crippen LogP contribution in [0.1, 0.15) is 60.3 Å². The number of hydrogen-bond acceptors (Lipinski definition) is 2. The predicted octanol–water partition coefficient (Wildman–Crippen LogP) is 3.59. The second-order valence-electron chi connectivity index (χ2n) is 4.85. The van der Waals surface area contributed by atoms with Gasteiger partial charge in [-0.25, -0.2) is 0 Å². The number of ether oxygens (including phenoxy) is 1. The van der Waals surface area contributed by atoms with E-state index in [9.17, 15) is 4.79 Å². The molecule has 0 radical (unpaired) electrons. The van der Waals surface area contributed by atoms with Crippen molar-refractivity contribution in [1.29, 1.82) is 0 Å². The highest BCUT2D eigenvalue weighted by Gasteiger charge is 2.24. The van der Waals surface area contributed by atoms with E-state index < -0.39 is 0 Å². The van der Waals surface area contributed by atoms with Gasteiger partial charge in [-0.05, 0) is 26.2 Å². The van der Waals surface area contributed by atoms with Crippen LogP contribution in [0.2, 0.25) is 0 Å². The Morgan fingerprint density at radius 1 is 1.33 bits per heavy atom. The van der Waals surface area contributed by atoms with Crippen LogP contribution in [-0.2, 0) is 9.53 Å². The molecule has 0 spiro atoms. The fourth-order valence-corrected chi connectivity index (χ4v) is 1.17. The molecule has 0 aromatic rings. The molecule has 2 nitrogen and oxygen atoms in total. The molecule has 0 bridgehead atoms. The molecule has 0 heterocycles. The summed E-state index contributed by atoms with van der Waals surface area (Å²) in [5.41, 5.74) is -0.156. The van der Waals surface area contributed by atoms with Crippen LogP contribution >= 0.6 is 0 Å². The predicted molar refractivity (Wildman–Crippen MR) is 64.0 cm³/mol. The number of Topliss-reactive ketones (excluding diaryl/α,β-unsaturated/α-hetero) is 1. The maximum Gasteiger partial charge on any atom is 0.138 e. The van der Waals surface area contributed by atoms with Gasteiger partial charge in [0.05, 0.1) is 6.10 Å². The first kappa shape index (κ1) is 14.6. The smallest absolute Gasteiger partial charge is 0.138 e. The lowest BCUT2D eigenvalue weighted by molar-refractivity contribution is -0.127. The third-order valence-electron chi connectivity index (χ3n) is 3.16. The Labute approximate surface area is 94.4 Å². The second kappa shape index (κ2) is 7.00. The van der Waals surface area contributed by atoms with Crippen LogP contribution in [0.5, 0.6) is 0 Å². The lowest BCUT2D eigenvalue weighted by Crippen LogP contribution is -2.23. The van der Waals surface area contributed by atoms with Gasteiger partial charge in [-0.2, -0.15) is 0 Å². The van der Waals surface area contributed by atoms with Gasteiger partial charge in [0.15, 0.2) is 0 Å². The van der Waals surface area contributed by atoms with E-state index in [0.717, 1.165) is 19.3 Å². The minimum Gasteiger partial charge on any atom is -0.379 e. The van der Waals surface area contributed by atoms with E-state index in [1.54, 1.807) is 0 Å². The molecule has 1 atom stereocenters. The Morgan fingerprint density at radius 3 is 2.40 bits per heavy atom. The van der Waals surface area contributed by atoms with E-state index in [4.69, 9.17) is 4.74 Å². The zero-order valence-electron chi connectivity index (χ0n) is 10.9. The van der Waals surface area contributed by atoms with E-state index in [0.29, 0.717) is 24.9 Å². The lowest BCUT2D eigenvalue weighted by atomic mass is 9.83. The molecular weight excluding hydrogens is 188 g/mol. The van der Waals surface area contributed by atoms with Gasteiger partial charge < -0.3 is 4.74 Å². The molecule has 90 valence electrons. The molecule has 0 aliphatic heterocycles. The quantitative estimate of drug-likeness (QED) is 0.577. The van der Waals surface area contributed by atoms with Gasteiger partial charge in [-0.3, -0.25) is 4.79 Å². The van der Waals surface area contributed by atoms with Gasteiger partial charge in [0.25, 0.3) is 0 Å². The molecule has 15 heavy (non-hydrogen) atoms. The van der Waals surface area contributed by atoms with E-state index >= 15 is 0 Å². The normalized spacial score (nSPS) is 13.9. The summed E-state index contributed by atoms with van der Waals surface area (Å²) in [6, 6.07) is 0. The summed E-state index contributed by atoms with van der Waals surface area (Å²) in [4.78, 5) is 11.8. The van der Waals surface area contributed by atoms with Crippen molar-refractivity contribution < 1.29 is 9.53 Å². The van der Waals surface area contributed by atoms with Crippen molar-refractivity contribution in [3.63, 3.8) is 0 Å². The molecule has 1 unspecified atom stereocenters.